The van der Waals surface area contributed by atoms with Crippen LogP contribution in [0.25, 0.3) is 0 Å². The molecule has 0 aromatic rings. The second-order valence-electron chi connectivity index (χ2n) is 4.14. The Bertz CT molecular complexity index is 302. The lowest BCUT2D eigenvalue weighted by atomic mass is 10.3. The topological polar surface area (TPSA) is 89.3 Å². The van der Waals surface area contributed by atoms with Crippen LogP contribution in [-0.2, 0) is 14.6 Å². The molecular formula is C11H24N2O3S. The van der Waals surface area contributed by atoms with Gasteiger partial charge >= 0.3 is 0 Å². The van der Waals surface area contributed by atoms with Gasteiger partial charge in [-0.05, 0) is 25.8 Å². The zero-order valence-corrected chi connectivity index (χ0v) is 11.4. The van der Waals surface area contributed by atoms with Crippen LogP contribution in [-0.4, -0.2) is 38.9 Å². The Balaban J connectivity index is 3.77. The summed E-state index contributed by atoms with van der Waals surface area (Å²) in [6.07, 6.45) is 4.12. The van der Waals surface area contributed by atoms with Crippen LogP contribution in [0.4, 0.5) is 0 Å². The first-order chi connectivity index (χ1) is 8.02. The molecule has 0 rings (SSSR count). The number of hydrogen-bond donors (Lipinski definition) is 2. The molecule has 0 spiro atoms. The first-order valence-electron chi connectivity index (χ1n) is 6.19. The number of amides is 1. The minimum atomic E-state index is -3.23. The van der Waals surface area contributed by atoms with Gasteiger partial charge in [0.1, 0.15) is 5.75 Å². The van der Waals surface area contributed by atoms with Gasteiger partial charge in [-0.3, -0.25) is 4.79 Å². The van der Waals surface area contributed by atoms with E-state index < -0.39 is 15.7 Å². The molecule has 0 aromatic heterocycles. The van der Waals surface area contributed by atoms with Crippen LogP contribution in [0, 0.1) is 0 Å². The molecule has 0 saturated heterocycles. The molecule has 5 nitrogen and oxygen atoms in total. The van der Waals surface area contributed by atoms with Crippen LogP contribution < -0.4 is 11.1 Å². The lowest BCUT2D eigenvalue weighted by molar-refractivity contribution is -0.118. The highest BCUT2D eigenvalue weighted by molar-refractivity contribution is 7.92. The fourth-order valence-electron chi connectivity index (χ4n) is 1.39. The zero-order chi connectivity index (χ0) is 13.1. The molecule has 0 aliphatic heterocycles. The molecular weight excluding hydrogens is 240 g/mol. The molecule has 1 amide bonds. The van der Waals surface area contributed by atoms with Crippen molar-refractivity contribution in [2.45, 2.75) is 39.0 Å². The second kappa shape index (κ2) is 9.41. The van der Waals surface area contributed by atoms with E-state index >= 15 is 0 Å². The molecule has 102 valence electrons. The van der Waals surface area contributed by atoms with Crippen LogP contribution >= 0.6 is 0 Å². The molecule has 0 aliphatic carbocycles. The van der Waals surface area contributed by atoms with Crippen molar-refractivity contribution in [2.75, 3.05) is 24.6 Å². The van der Waals surface area contributed by atoms with Crippen molar-refractivity contribution >= 4 is 15.7 Å². The van der Waals surface area contributed by atoms with E-state index in [2.05, 4.69) is 5.32 Å². The molecule has 0 aliphatic rings. The van der Waals surface area contributed by atoms with Gasteiger partial charge in [0.25, 0.3) is 0 Å². The van der Waals surface area contributed by atoms with Crippen LogP contribution in [0.2, 0.25) is 0 Å². The highest BCUT2D eigenvalue weighted by Crippen LogP contribution is 2.00. The van der Waals surface area contributed by atoms with E-state index in [0.717, 1.165) is 25.7 Å². The van der Waals surface area contributed by atoms with Gasteiger partial charge in [0.15, 0.2) is 9.84 Å². The summed E-state index contributed by atoms with van der Waals surface area (Å²) >= 11 is 0. The third kappa shape index (κ3) is 10.3. The Morgan fingerprint density at radius 3 is 2.47 bits per heavy atom. The van der Waals surface area contributed by atoms with E-state index in [1.54, 1.807) is 0 Å². The van der Waals surface area contributed by atoms with Crippen molar-refractivity contribution in [3.63, 3.8) is 0 Å². The predicted octanol–water partition coefficient (Wildman–Crippen LogP) is 0.447. The average molecular weight is 264 g/mol. The number of carbonyl (C=O) groups excluding carboxylic acids is 1. The van der Waals surface area contributed by atoms with Crippen LogP contribution in [0.1, 0.15) is 39.0 Å². The van der Waals surface area contributed by atoms with Crippen molar-refractivity contribution in [2.24, 2.45) is 5.73 Å². The van der Waals surface area contributed by atoms with Gasteiger partial charge in [0, 0.05) is 6.54 Å². The molecule has 0 saturated carbocycles. The van der Waals surface area contributed by atoms with Crippen molar-refractivity contribution in [1.29, 1.82) is 0 Å². The molecule has 3 N–H and O–H groups in total. The molecule has 0 fully saturated rings. The minimum absolute atomic E-state index is 0.108. The fraction of sp³-hybridized carbons (Fsp3) is 0.909. The molecule has 0 unspecified atom stereocenters. The summed E-state index contributed by atoms with van der Waals surface area (Å²) in [7, 11) is -3.23. The highest BCUT2D eigenvalue weighted by atomic mass is 32.2. The Hall–Kier alpha value is -0.620. The average Bonchev–Trinajstić information content (AvgIpc) is 2.24. The van der Waals surface area contributed by atoms with Gasteiger partial charge in [0.2, 0.25) is 5.91 Å². The smallest absolute Gasteiger partial charge is 0.235 e. The third-order valence-electron chi connectivity index (χ3n) is 2.36. The molecule has 0 aromatic carbocycles. The standard InChI is InChI=1S/C11H24N2O3S/c1-2-3-6-9-17(15,16)10-11(14)13-8-5-4-7-12/h2-10,12H2,1H3,(H,13,14). The molecule has 0 radical (unpaired) electrons. The van der Waals surface area contributed by atoms with Gasteiger partial charge in [-0.1, -0.05) is 19.8 Å². The lowest BCUT2D eigenvalue weighted by Crippen LogP contribution is -2.32. The Morgan fingerprint density at radius 2 is 1.88 bits per heavy atom. The number of sulfone groups is 1. The third-order valence-corrected chi connectivity index (χ3v) is 3.98. The number of nitrogens with one attached hydrogen (secondary N) is 1. The Kier molecular flexibility index (Phi) is 9.07. The van der Waals surface area contributed by atoms with Gasteiger partial charge in [0.05, 0.1) is 5.75 Å². The number of carbonyl (C=O) groups is 1. The van der Waals surface area contributed by atoms with Crippen LogP contribution in [0.5, 0.6) is 0 Å². The summed E-state index contributed by atoms with van der Waals surface area (Å²) in [4.78, 5) is 11.3. The molecule has 6 heteroatoms. The van der Waals surface area contributed by atoms with Gasteiger partial charge in [-0.15, -0.1) is 0 Å². The van der Waals surface area contributed by atoms with Gasteiger partial charge < -0.3 is 11.1 Å². The minimum Gasteiger partial charge on any atom is -0.355 e. The molecule has 0 heterocycles. The van der Waals surface area contributed by atoms with Crippen molar-refractivity contribution < 1.29 is 13.2 Å². The van der Waals surface area contributed by atoms with Gasteiger partial charge in [-0.25, -0.2) is 8.42 Å². The van der Waals surface area contributed by atoms with Crippen LogP contribution in [0.3, 0.4) is 0 Å². The van der Waals surface area contributed by atoms with Crippen molar-refractivity contribution in [3.8, 4) is 0 Å². The first kappa shape index (κ1) is 16.4. The summed E-state index contributed by atoms with van der Waals surface area (Å²) in [5, 5.41) is 2.59. The highest BCUT2D eigenvalue weighted by Gasteiger charge is 2.15. The lowest BCUT2D eigenvalue weighted by Gasteiger charge is -2.05. The molecule has 0 atom stereocenters. The molecule has 0 bridgehead atoms. The van der Waals surface area contributed by atoms with E-state index in [4.69, 9.17) is 5.73 Å². The fourth-order valence-corrected chi connectivity index (χ4v) is 2.68. The van der Waals surface area contributed by atoms with E-state index in [1.807, 2.05) is 6.92 Å². The zero-order valence-electron chi connectivity index (χ0n) is 10.6. The maximum Gasteiger partial charge on any atom is 0.235 e. The summed E-state index contributed by atoms with van der Waals surface area (Å²) in [5.41, 5.74) is 5.31. The second-order valence-corrected chi connectivity index (χ2v) is 6.33. The van der Waals surface area contributed by atoms with E-state index in [9.17, 15) is 13.2 Å². The SMILES string of the molecule is CCCCCS(=O)(=O)CC(=O)NCCCCN. The van der Waals surface area contributed by atoms with E-state index in [0.29, 0.717) is 19.5 Å². The monoisotopic (exact) mass is 264 g/mol. The number of hydrogen-bond acceptors (Lipinski definition) is 4. The maximum absolute atomic E-state index is 11.5. The van der Waals surface area contributed by atoms with E-state index in [-0.39, 0.29) is 11.5 Å². The van der Waals surface area contributed by atoms with E-state index in [1.165, 1.54) is 0 Å². The predicted molar refractivity (Wildman–Crippen MR) is 69.5 cm³/mol. The summed E-state index contributed by atoms with van der Waals surface area (Å²) < 4.78 is 23.0. The summed E-state index contributed by atoms with van der Waals surface area (Å²) in [6, 6.07) is 0. The number of unbranched alkanes of at least 4 members (excludes halogenated alkanes) is 3. The first-order valence-corrected chi connectivity index (χ1v) is 8.01. The normalized spacial score (nSPS) is 11.4. The summed E-state index contributed by atoms with van der Waals surface area (Å²) in [6.45, 7) is 3.10. The number of nitrogens with two attached hydrogens (primary N) is 1. The number of rotatable bonds is 10. The van der Waals surface area contributed by atoms with Crippen molar-refractivity contribution in [3.05, 3.63) is 0 Å². The largest absolute Gasteiger partial charge is 0.355 e. The Morgan fingerprint density at radius 1 is 1.18 bits per heavy atom. The quantitative estimate of drug-likeness (QED) is 0.561. The van der Waals surface area contributed by atoms with Crippen molar-refractivity contribution in [1.82, 2.24) is 5.32 Å². The summed E-state index contributed by atoms with van der Waals surface area (Å²) in [5.74, 6) is -0.685. The maximum atomic E-state index is 11.5. The Labute approximate surface area is 104 Å². The van der Waals surface area contributed by atoms with Gasteiger partial charge in [-0.2, -0.15) is 0 Å². The van der Waals surface area contributed by atoms with Crippen LogP contribution in [0.15, 0.2) is 0 Å². The molecule has 17 heavy (non-hydrogen) atoms.